The molecule has 0 saturated carbocycles. The van der Waals surface area contributed by atoms with Crippen molar-refractivity contribution in [2.45, 2.75) is 11.7 Å². The topological polar surface area (TPSA) is 150 Å². The minimum absolute atomic E-state index is 0.121. The van der Waals surface area contributed by atoms with Gasteiger partial charge in [0.1, 0.15) is 10.9 Å². The van der Waals surface area contributed by atoms with Gasteiger partial charge in [-0.2, -0.15) is 0 Å². The summed E-state index contributed by atoms with van der Waals surface area (Å²) in [6.07, 6.45) is -0.263. The van der Waals surface area contributed by atoms with Gasteiger partial charge in [0.05, 0.1) is 10.6 Å². The molecule has 1 amide bonds. The number of carbonyl (C=O) groups is 1. The number of nitrogens with two attached hydrogens (primary N) is 2. The molecule has 0 bridgehead atoms. The molecular weight excluding hydrogens is 288 g/mol. The Morgan fingerprint density at radius 3 is 2.55 bits per heavy atom. The molecule has 0 radical (unpaired) electrons. The third-order valence-electron chi connectivity index (χ3n) is 3.10. The zero-order valence-electron chi connectivity index (χ0n) is 10.2. The van der Waals surface area contributed by atoms with E-state index in [9.17, 15) is 23.3 Å². The minimum atomic E-state index is -3.85. The van der Waals surface area contributed by atoms with Crippen molar-refractivity contribution in [1.82, 2.24) is 0 Å². The second-order valence-corrected chi connectivity index (χ2v) is 6.23. The lowest BCUT2D eigenvalue weighted by Gasteiger charge is -2.18. The highest BCUT2D eigenvalue weighted by atomic mass is 32.2. The Hall–Kier alpha value is -2.20. The first-order valence-corrected chi connectivity index (χ1v) is 7.17. The standard InChI is InChI=1S/C10H12N4O5S/c11-10-7(2-1-3-8(10)14(16)17)13-5-6(4-9(13)15)20(12,18)19/h1-3,6H,4-5,11H2,(H2,12,18,19). The van der Waals surface area contributed by atoms with Gasteiger partial charge in [0.2, 0.25) is 15.9 Å². The molecule has 0 aliphatic carbocycles. The van der Waals surface area contributed by atoms with Gasteiger partial charge in [-0.15, -0.1) is 0 Å². The molecular formula is C10H12N4O5S. The second kappa shape index (κ2) is 4.72. The molecule has 1 saturated heterocycles. The number of sulfonamides is 1. The van der Waals surface area contributed by atoms with E-state index in [0.29, 0.717) is 0 Å². The van der Waals surface area contributed by atoms with E-state index >= 15 is 0 Å². The van der Waals surface area contributed by atoms with E-state index in [0.717, 1.165) is 4.90 Å². The van der Waals surface area contributed by atoms with Gasteiger partial charge < -0.3 is 10.6 Å². The Balaban J connectivity index is 2.41. The lowest BCUT2D eigenvalue weighted by Crippen LogP contribution is -2.32. The van der Waals surface area contributed by atoms with E-state index in [1.54, 1.807) is 0 Å². The van der Waals surface area contributed by atoms with Gasteiger partial charge in [-0.05, 0) is 6.07 Å². The van der Waals surface area contributed by atoms with Gasteiger partial charge in [0.25, 0.3) is 5.69 Å². The fourth-order valence-corrected chi connectivity index (χ4v) is 2.80. The molecule has 1 heterocycles. The van der Waals surface area contributed by atoms with Crippen LogP contribution in [0.15, 0.2) is 18.2 Å². The van der Waals surface area contributed by atoms with Crippen LogP contribution in [0.25, 0.3) is 0 Å². The van der Waals surface area contributed by atoms with E-state index in [-0.39, 0.29) is 30.0 Å². The number of anilines is 2. The number of nitrogen functional groups attached to an aromatic ring is 1. The molecule has 0 aromatic heterocycles. The first-order valence-electron chi connectivity index (χ1n) is 5.56. The summed E-state index contributed by atoms with van der Waals surface area (Å²) in [6, 6.07) is 4.00. The maximum absolute atomic E-state index is 11.8. The van der Waals surface area contributed by atoms with Crippen molar-refractivity contribution >= 4 is 33.0 Å². The minimum Gasteiger partial charge on any atom is -0.391 e. The molecule has 9 nitrogen and oxygen atoms in total. The van der Waals surface area contributed by atoms with Gasteiger partial charge in [-0.25, -0.2) is 13.6 Å². The van der Waals surface area contributed by atoms with Gasteiger partial charge in [0, 0.05) is 19.0 Å². The Labute approximate surface area is 114 Å². The largest absolute Gasteiger partial charge is 0.391 e. The van der Waals surface area contributed by atoms with Crippen molar-refractivity contribution < 1.29 is 18.1 Å². The van der Waals surface area contributed by atoms with Gasteiger partial charge in [-0.3, -0.25) is 14.9 Å². The van der Waals surface area contributed by atoms with E-state index in [4.69, 9.17) is 10.9 Å². The number of para-hydroxylation sites is 1. The normalized spacial score (nSPS) is 19.4. The van der Waals surface area contributed by atoms with Crippen LogP contribution in [0.3, 0.4) is 0 Å². The summed E-state index contributed by atoms with van der Waals surface area (Å²) < 4.78 is 22.6. The van der Waals surface area contributed by atoms with Crippen LogP contribution in [0.4, 0.5) is 17.1 Å². The number of carbonyl (C=O) groups excluding carboxylic acids is 1. The summed E-state index contributed by atoms with van der Waals surface area (Å²) >= 11 is 0. The highest BCUT2D eigenvalue weighted by molar-refractivity contribution is 7.89. The van der Waals surface area contributed by atoms with Crippen molar-refractivity contribution in [3.63, 3.8) is 0 Å². The lowest BCUT2D eigenvalue weighted by atomic mass is 10.2. The number of primary sulfonamides is 1. The Morgan fingerprint density at radius 2 is 2.05 bits per heavy atom. The Bertz CT molecular complexity index is 687. The Morgan fingerprint density at radius 1 is 1.40 bits per heavy atom. The van der Waals surface area contributed by atoms with Crippen molar-refractivity contribution in [3.05, 3.63) is 28.3 Å². The summed E-state index contributed by atoms with van der Waals surface area (Å²) in [4.78, 5) is 23.1. The zero-order valence-corrected chi connectivity index (χ0v) is 11.0. The number of nitrogens with zero attached hydrogens (tertiary/aromatic N) is 2. The number of hydrogen-bond acceptors (Lipinski definition) is 6. The molecule has 1 aliphatic rings. The molecule has 1 aromatic rings. The van der Waals surface area contributed by atoms with Gasteiger partial charge in [0.15, 0.2) is 0 Å². The maximum atomic E-state index is 11.8. The van der Waals surface area contributed by atoms with E-state index in [1.807, 2.05) is 0 Å². The lowest BCUT2D eigenvalue weighted by molar-refractivity contribution is -0.383. The number of nitro benzene ring substituents is 1. The Kier molecular flexibility index (Phi) is 3.36. The molecule has 1 aromatic carbocycles. The molecule has 2 rings (SSSR count). The zero-order chi connectivity index (χ0) is 15.1. The molecule has 1 fully saturated rings. The number of benzene rings is 1. The molecule has 10 heteroatoms. The SMILES string of the molecule is Nc1c(N2CC(S(N)(=O)=O)CC2=O)cccc1[N+](=O)[O-]. The van der Waals surface area contributed by atoms with Crippen LogP contribution < -0.4 is 15.8 Å². The summed E-state index contributed by atoms with van der Waals surface area (Å²) in [5.41, 5.74) is 5.27. The van der Waals surface area contributed by atoms with Crippen LogP contribution in [-0.2, 0) is 14.8 Å². The molecule has 0 spiro atoms. The highest BCUT2D eigenvalue weighted by Gasteiger charge is 2.38. The van der Waals surface area contributed by atoms with Crippen molar-refractivity contribution in [1.29, 1.82) is 0 Å². The molecule has 1 aliphatic heterocycles. The maximum Gasteiger partial charge on any atom is 0.294 e. The first-order chi connectivity index (χ1) is 9.21. The monoisotopic (exact) mass is 300 g/mol. The van der Waals surface area contributed by atoms with Crippen LogP contribution in [0.5, 0.6) is 0 Å². The summed E-state index contributed by atoms with van der Waals surface area (Å²) in [5, 5.41) is 14.8. The van der Waals surface area contributed by atoms with E-state index < -0.39 is 26.1 Å². The predicted octanol–water partition coefficient (Wildman–Crippen LogP) is -0.429. The summed E-state index contributed by atoms with van der Waals surface area (Å²) in [5.74, 6) is -0.490. The summed E-state index contributed by atoms with van der Waals surface area (Å²) in [7, 11) is -3.85. The van der Waals surface area contributed by atoms with Crippen LogP contribution >= 0.6 is 0 Å². The average Bonchev–Trinajstić information content (AvgIpc) is 2.71. The van der Waals surface area contributed by atoms with Crippen LogP contribution in [0.1, 0.15) is 6.42 Å². The highest BCUT2D eigenvalue weighted by Crippen LogP contribution is 2.34. The molecule has 1 atom stereocenters. The fraction of sp³-hybridized carbons (Fsp3) is 0.300. The third-order valence-corrected chi connectivity index (χ3v) is 4.35. The molecule has 1 unspecified atom stereocenters. The van der Waals surface area contributed by atoms with E-state index in [2.05, 4.69) is 0 Å². The third kappa shape index (κ3) is 2.42. The quantitative estimate of drug-likeness (QED) is 0.439. The predicted molar refractivity (Wildman–Crippen MR) is 71.4 cm³/mol. The number of amides is 1. The van der Waals surface area contributed by atoms with Crippen molar-refractivity contribution in [2.24, 2.45) is 5.14 Å². The van der Waals surface area contributed by atoms with Crippen LogP contribution in [-0.4, -0.2) is 31.0 Å². The first kappa shape index (κ1) is 14.2. The van der Waals surface area contributed by atoms with E-state index in [1.165, 1.54) is 18.2 Å². The molecule has 4 N–H and O–H groups in total. The fourth-order valence-electron chi connectivity index (χ4n) is 2.06. The van der Waals surface area contributed by atoms with Crippen LogP contribution in [0.2, 0.25) is 0 Å². The number of rotatable bonds is 3. The van der Waals surface area contributed by atoms with Crippen LogP contribution in [0, 0.1) is 10.1 Å². The van der Waals surface area contributed by atoms with Gasteiger partial charge in [-0.1, -0.05) is 6.07 Å². The second-order valence-electron chi connectivity index (χ2n) is 4.39. The molecule has 20 heavy (non-hydrogen) atoms. The number of hydrogen-bond donors (Lipinski definition) is 2. The molecule has 108 valence electrons. The van der Waals surface area contributed by atoms with Crippen molar-refractivity contribution in [2.75, 3.05) is 17.2 Å². The smallest absolute Gasteiger partial charge is 0.294 e. The van der Waals surface area contributed by atoms with Gasteiger partial charge >= 0.3 is 0 Å². The average molecular weight is 300 g/mol. The number of nitro groups is 1. The van der Waals surface area contributed by atoms with Crippen molar-refractivity contribution in [3.8, 4) is 0 Å². The summed E-state index contributed by atoms with van der Waals surface area (Å²) in [6.45, 7) is -0.164.